The zero-order valence-electron chi connectivity index (χ0n) is 17.5. The standard InChI is InChI=1S/C18H29N5O5S/c1-11(2)29(26,27)23-9-15(18(10-23)17(25)19-6-7-28-18)16(24)20-8-14-12(3)21-22(5)13(14)4/h11,15H,6-10H2,1-5H3,(H,19,25)(H,20,24)/t15-,18-/m1/s1. The molecule has 2 aliphatic rings. The molecule has 0 aliphatic carbocycles. The molecule has 1 spiro atoms. The first-order valence-electron chi connectivity index (χ1n) is 9.68. The van der Waals surface area contributed by atoms with Crippen molar-refractivity contribution in [3.8, 4) is 0 Å². The third-order valence-electron chi connectivity index (χ3n) is 5.86. The van der Waals surface area contributed by atoms with Crippen LogP contribution in [0.2, 0.25) is 0 Å². The summed E-state index contributed by atoms with van der Waals surface area (Å²) in [5, 5.41) is 9.25. The highest BCUT2D eigenvalue weighted by molar-refractivity contribution is 7.89. The number of rotatable bonds is 5. The third kappa shape index (κ3) is 3.66. The summed E-state index contributed by atoms with van der Waals surface area (Å²) in [6.45, 7) is 7.47. The molecule has 0 unspecified atom stereocenters. The first-order valence-corrected chi connectivity index (χ1v) is 11.2. The Morgan fingerprint density at radius 1 is 1.41 bits per heavy atom. The van der Waals surface area contributed by atoms with Crippen LogP contribution in [-0.4, -0.2) is 71.4 Å². The summed E-state index contributed by atoms with van der Waals surface area (Å²) in [7, 11) is -1.81. The van der Waals surface area contributed by atoms with Crippen molar-refractivity contribution in [2.45, 2.75) is 45.1 Å². The lowest BCUT2D eigenvalue weighted by Crippen LogP contribution is -2.62. The van der Waals surface area contributed by atoms with Crippen molar-refractivity contribution < 1.29 is 22.7 Å². The molecule has 0 aromatic carbocycles. The molecule has 2 aliphatic heterocycles. The average molecular weight is 428 g/mol. The molecule has 1 aromatic heterocycles. The third-order valence-corrected chi connectivity index (χ3v) is 8.05. The van der Waals surface area contributed by atoms with Crippen molar-refractivity contribution in [3.05, 3.63) is 17.0 Å². The van der Waals surface area contributed by atoms with E-state index in [-0.39, 0.29) is 26.2 Å². The number of nitrogens with zero attached hydrogens (tertiary/aromatic N) is 3. The molecule has 10 nitrogen and oxygen atoms in total. The predicted octanol–water partition coefficient (Wildman–Crippen LogP) is -0.792. The van der Waals surface area contributed by atoms with Crippen molar-refractivity contribution in [3.63, 3.8) is 0 Å². The van der Waals surface area contributed by atoms with E-state index in [1.165, 1.54) is 4.31 Å². The minimum Gasteiger partial charge on any atom is -0.361 e. The molecule has 0 radical (unpaired) electrons. The number of carbonyl (C=O) groups is 2. The maximum atomic E-state index is 13.1. The number of aryl methyl sites for hydroxylation is 2. The lowest BCUT2D eigenvalue weighted by Gasteiger charge is -2.36. The van der Waals surface area contributed by atoms with Crippen LogP contribution in [0, 0.1) is 19.8 Å². The van der Waals surface area contributed by atoms with Crippen LogP contribution in [0.5, 0.6) is 0 Å². The number of sulfonamides is 1. The van der Waals surface area contributed by atoms with Crippen molar-refractivity contribution in [2.24, 2.45) is 13.0 Å². The zero-order chi connectivity index (χ0) is 21.6. The van der Waals surface area contributed by atoms with E-state index in [0.717, 1.165) is 17.0 Å². The van der Waals surface area contributed by atoms with Crippen LogP contribution in [-0.2, 0) is 37.9 Å². The van der Waals surface area contributed by atoms with E-state index >= 15 is 0 Å². The summed E-state index contributed by atoms with van der Waals surface area (Å²) in [6.07, 6.45) is 0. The Hall–Kier alpha value is -1.98. The van der Waals surface area contributed by atoms with Crippen molar-refractivity contribution in [1.82, 2.24) is 24.7 Å². The normalized spacial score (nSPS) is 25.6. The molecule has 2 fully saturated rings. The Morgan fingerprint density at radius 2 is 2.10 bits per heavy atom. The van der Waals surface area contributed by atoms with E-state index < -0.39 is 38.6 Å². The van der Waals surface area contributed by atoms with Gasteiger partial charge in [0.05, 0.1) is 30.0 Å². The van der Waals surface area contributed by atoms with Gasteiger partial charge in [-0.05, 0) is 27.7 Å². The number of hydrogen-bond acceptors (Lipinski definition) is 6. The number of carbonyl (C=O) groups excluding carboxylic acids is 2. The molecule has 2 N–H and O–H groups in total. The molecular formula is C18H29N5O5S. The van der Waals surface area contributed by atoms with Crippen molar-refractivity contribution >= 4 is 21.8 Å². The topological polar surface area (TPSA) is 123 Å². The average Bonchev–Trinajstić information content (AvgIpc) is 3.15. The summed E-state index contributed by atoms with van der Waals surface area (Å²) in [4.78, 5) is 25.8. The maximum Gasteiger partial charge on any atom is 0.254 e. The van der Waals surface area contributed by atoms with Crippen molar-refractivity contribution in [2.75, 3.05) is 26.2 Å². The highest BCUT2D eigenvalue weighted by atomic mass is 32.2. The van der Waals surface area contributed by atoms with Crippen LogP contribution in [0.1, 0.15) is 30.8 Å². The molecule has 2 atom stereocenters. The molecule has 0 saturated carbocycles. The number of morpholine rings is 1. The maximum absolute atomic E-state index is 13.1. The van der Waals surface area contributed by atoms with Crippen LogP contribution >= 0.6 is 0 Å². The van der Waals surface area contributed by atoms with Gasteiger partial charge in [-0.15, -0.1) is 0 Å². The SMILES string of the molecule is Cc1nn(C)c(C)c1CNC(=O)[C@H]1CN(S(=O)(=O)C(C)C)C[C@@]12OCCNC2=O. The molecule has 1 aromatic rings. The fraction of sp³-hybridized carbons (Fsp3) is 0.722. The van der Waals surface area contributed by atoms with Crippen LogP contribution in [0.3, 0.4) is 0 Å². The number of aromatic nitrogens is 2. The first-order chi connectivity index (χ1) is 13.5. The summed E-state index contributed by atoms with van der Waals surface area (Å²) < 4.78 is 34.1. The summed E-state index contributed by atoms with van der Waals surface area (Å²) in [6, 6.07) is 0. The second-order valence-electron chi connectivity index (χ2n) is 7.92. The van der Waals surface area contributed by atoms with E-state index in [1.807, 2.05) is 20.9 Å². The van der Waals surface area contributed by atoms with E-state index in [9.17, 15) is 18.0 Å². The zero-order valence-corrected chi connectivity index (χ0v) is 18.3. The van der Waals surface area contributed by atoms with Gasteiger partial charge < -0.3 is 15.4 Å². The van der Waals surface area contributed by atoms with Crippen LogP contribution in [0.15, 0.2) is 0 Å². The Labute approximate surface area is 171 Å². The minimum absolute atomic E-state index is 0.0925. The Morgan fingerprint density at radius 3 is 2.66 bits per heavy atom. The Bertz CT molecular complexity index is 925. The molecule has 3 heterocycles. The van der Waals surface area contributed by atoms with Crippen LogP contribution in [0.25, 0.3) is 0 Å². The number of nitrogens with one attached hydrogen (secondary N) is 2. The van der Waals surface area contributed by atoms with E-state index in [1.54, 1.807) is 18.5 Å². The molecule has 2 saturated heterocycles. The van der Waals surface area contributed by atoms with Gasteiger partial charge in [0, 0.05) is 37.9 Å². The van der Waals surface area contributed by atoms with Gasteiger partial charge in [-0.3, -0.25) is 14.3 Å². The summed E-state index contributed by atoms with van der Waals surface area (Å²) >= 11 is 0. The molecule has 11 heteroatoms. The van der Waals surface area contributed by atoms with Gasteiger partial charge in [0.15, 0.2) is 5.60 Å². The number of amides is 2. The summed E-state index contributed by atoms with van der Waals surface area (Å²) in [5.74, 6) is -1.79. The highest BCUT2D eigenvalue weighted by Gasteiger charge is 2.59. The second kappa shape index (κ2) is 7.69. The highest BCUT2D eigenvalue weighted by Crippen LogP contribution is 2.36. The number of hydrogen-bond donors (Lipinski definition) is 2. The molecule has 3 rings (SSSR count). The van der Waals surface area contributed by atoms with Gasteiger partial charge in [0.1, 0.15) is 0 Å². The van der Waals surface area contributed by atoms with Gasteiger partial charge in [-0.25, -0.2) is 8.42 Å². The Kier molecular flexibility index (Phi) is 5.76. The molecular weight excluding hydrogens is 398 g/mol. The largest absolute Gasteiger partial charge is 0.361 e. The van der Waals surface area contributed by atoms with Gasteiger partial charge >= 0.3 is 0 Å². The van der Waals surface area contributed by atoms with Crippen LogP contribution in [0.4, 0.5) is 0 Å². The van der Waals surface area contributed by atoms with E-state index in [2.05, 4.69) is 15.7 Å². The fourth-order valence-electron chi connectivity index (χ4n) is 3.94. The molecule has 29 heavy (non-hydrogen) atoms. The smallest absolute Gasteiger partial charge is 0.254 e. The lowest BCUT2D eigenvalue weighted by molar-refractivity contribution is -0.163. The van der Waals surface area contributed by atoms with Gasteiger partial charge in [-0.2, -0.15) is 9.40 Å². The molecule has 0 bridgehead atoms. The molecule has 162 valence electrons. The predicted molar refractivity (Wildman–Crippen MR) is 105 cm³/mol. The van der Waals surface area contributed by atoms with E-state index in [0.29, 0.717) is 6.54 Å². The lowest BCUT2D eigenvalue weighted by atomic mass is 9.87. The van der Waals surface area contributed by atoms with Gasteiger partial charge in [-0.1, -0.05) is 0 Å². The van der Waals surface area contributed by atoms with Crippen molar-refractivity contribution in [1.29, 1.82) is 0 Å². The minimum atomic E-state index is -3.64. The quantitative estimate of drug-likeness (QED) is 0.635. The summed E-state index contributed by atoms with van der Waals surface area (Å²) in [5.41, 5.74) is 1.12. The van der Waals surface area contributed by atoms with Gasteiger partial charge in [0.2, 0.25) is 15.9 Å². The van der Waals surface area contributed by atoms with Gasteiger partial charge in [0.25, 0.3) is 5.91 Å². The fourth-order valence-corrected chi connectivity index (χ4v) is 5.26. The molecule has 2 amide bonds. The van der Waals surface area contributed by atoms with E-state index in [4.69, 9.17) is 4.74 Å². The monoisotopic (exact) mass is 427 g/mol. The second-order valence-corrected chi connectivity index (χ2v) is 10.4. The van der Waals surface area contributed by atoms with Crippen LogP contribution < -0.4 is 10.6 Å². The first kappa shape index (κ1) is 21.7. The Balaban J connectivity index is 1.86. The number of ether oxygens (including phenoxy) is 1.